The van der Waals surface area contributed by atoms with Gasteiger partial charge in [-0.25, -0.2) is 4.99 Å². The Morgan fingerprint density at radius 1 is 1.42 bits per heavy atom. The van der Waals surface area contributed by atoms with Gasteiger partial charge in [0.15, 0.2) is 11.7 Å². The first-order chi connectivity index (χ1) is 11.6. The molecule has 0 spiro atoms. The molecule has 1 aromatic rings. The summed E-state index contributed by atoms with van der Waals surface area (Å²) in [5.74, 6) is 2.75. The van der Waals surface area contributed by atoms with Crippen LogP contribution in [0.4, 0.5) is 0 Å². The van der Waals surface area contributed by atoms with Gasteiger partial charge in [0.05, 0.1) is 5.69 Å². The summed E-state index contributed by atoms with van der Waals surface area (Å²) in [7, 11) is 0. The molecule has 1 aliphatic heterocycles. The van der Waals surface area contributed by atoms with Gasteiger partial charge >= 0.3 is 0 Å². The van der Waals surface area contributed by atoms with Gasteiger partial charge in [0.2, 0.25) is 0 Å². The van der Waals surface area contributed by atoms with Gasteiger partial charge in [0, 0.05) is 25.7 Å². The van der Waals surface area contributed by atoms with E-state index in [1.165, 1.54) is 32.5 Å². The fourth-order valence-corrected chi connectivity index (χ4v) is 3.01. The van der Waals surface area contributed by atoms with Crippen LogP contribution in [0.5, 0.6) is 0 Å². The summed E-state index contributed by atoms with van der Waals surface area (Å²) in [4.78, 5) is 7.17. The zero-order valence-electron chi connectivity index (χ0n) is 15.6. The van der Waals surface area contributed by atoms with Crippen molar-refractivity contribution in [3.8, 4) is 0 Å². The molecule has 0 aromatic carbocycles. The molecule has 1 saturated heterocycles. The Kier molecular flexibility index (Phi) is 7.56. The van der Waals surface area contributed by atoms with E-state index >= 15 is 0 Å². The van der Waals surface area contributed by atoms with Crippen LogP contribution in [-0.2, 0) is 6.54 Å². The van der Waals surface area contributed by atoms with Crippen molar-refractivity contribution in [3.63, 3.8) is 0 Å². The molecule has 2 N–H and O–H groups in total. The second-order valence-electron chi connectivity index (χ2n) is 6.90. The van der Waals surface area contributed by atoms with Crippen LogP contribution in [-0.4, -0.2) is 48.7 Å². The molecule has 6 nitrogen and oxygen atoms in total. The third kappa shape index (κ3) is 5.82. The van der Waals surface area contributed by atoms with Gasteiger partial charge in [-0.15, -0.1) is 0 Å². The van der Waals surface area contributed by atoms with Crippen LogP contribution in [0.2, 0.25) is 0 Å². The molecule has 0 amide bonds. The molecule has 136 valence electrons. The standard InChI is InChI=1S/C18H33N5O/c1-5-8-23-9-7-15(13-23)11-20-18(19-6-2)21-12-16-10-17(14(3)4)22-24-16/h10,14-15H,5-9,11-13H2,1-4H3,(H2,19,20,21). The summed E-state index contributed by atoms with van der Waals surface area (Å²) < 4.78 is 5.35. The second kappa shape index (κ2) is 9.67. The quantitative estimate of drug-likeness (QED) is 0.565. The van der Waals surface area contributed by atoms with Crippen molar-refractivity contribution in [2.45, 2.75) is 53.0 Å². The first kappa shape index (κ1) is 18.8. The van der Waals surface area contributed by atoms with E-state index in [4.69, 9.17) is 4.52 Å². The van der Waals surface area contributed by atoms with Gasteiger partial charge in [-0.1, -0.05) is 25.9 Å². The number of aliphatic imine (C=N–C) groups is 1. The van der Waals surface area contributed by atoms with E-state index < -0.39 is 0 Å². The van der Waals surface area contributed by atoms with Crippen molar-refractivity contribution in [2.24, 2.45) is 10.9 Å². The summed E-state index contributed by atoms with van der Waals surface area (Å²) in [6, 6.07) is 2.00. The van der Waals surface area contributed by atoms with Crippen molar-refractivity contribution >= 4 is 5.96 Å². The second-order valence-corrected chi connectivity index (χ2v) is 6.90. The Balaban J connectivity index is 1.82. The van der Waals surface area contributed by atoms with E-state index in [-0.39, 0.29) is 0 Å². The molecular formula is C18H33N5O. The molecule has 1 aliphatic rings. The molecule has 6 heteroatoms. The molecule has 0 radical (unpaired) electrons. The molecule has 1 unspecified atom stereocenters. The highest BCUT2D eigenvalue weighted by atomic mass is 16.5. The van der Waals surface area contributed by atoms with Crippen molar-refractivity contribution in [1.82, 2.24) is 20.7 Å². The zero-order chi connectivity index (χ0) is 17.4. The maximum absolute atomic E-state index is 5.35. The molecule has 0 bridgehead atoms. The van der Waals surface area contributed by atoms with Crippen molar-refractivity contribution in [1.29, 1.82) is 0 Å². The molecule has 1 aromatic heterocycles. The minimum atomic E-state index is 0.381. The van der Waals surface area contributed by atoms with Gasteiger partial charge < -0.3 is 20.1 Å². The van der Waals surface area contributed by atoms with Gasteiger partial charge in [-0.2, -0.15) is 0 Å². The average Bonchev–Trinajstić information content (AvgIpc) is 3.20. The third-order valence-corrected chi connectivity index (χ3v) is 4.37. The first-order valence-electron chi connectivity index (χ1n) is 9.32. The third-order valence-electron chi connectivity index (χ3n) is 4.37. The highest BCUT2D eigenvalue weighted by Gasteiger charge is 2.21. The Hall–Kier alpha value is -1.56. The number of hydrogen-bond donors (Lipinski definition) is 2. The molecule has 0 aliphatic carbocycles. The number of aromatic nitrogens is 1. The Morgan fingerprint density at radius 2 is 2.25 bits per heavy atom. The first-order valence-corrected chi connectivity index (χ1v) is 9.32. The molecule has 2 rings (SSSR count). The van der Waals surface area contributed by atoms with E-state index in [0.29, 0.717) is 18.4 Å². The lowest BCUT2D eigenvalue weighted by Gasteiger charge is -2.16. The van der Waals surface area contributed by atoms with Gasteiger partial charge in [0.25, 0.3) is 0 Å². The minimum Gasteiger partial charge on any atom is -0.359 e. The van der Waals surface area contributed by atoms with Crippen LogP contribution in [0.25, 0.3) is 0 Å². The Labute approximate surface area is 146 Å². The summed E-state index contributed by atoms with van der Waals surface area (Å²) in [5, 5.41) is 10.9. The van der Waals surface area contributed by atoms with E-state index in [9.17, 15) is 0 Å². The van der Waals surface area contributed by atoms with Crippen LogP contribution < -0.4 is 10.6 Å². The fraction of sp³-hybridized carbons (Fsp3) is 0.778. The summed E-state index contributed by atoms with van der Waals surface area (Å²) >= 11 is 0. The molecule has 1 atom stereocenters. The zero-order valence-corrected chi connectivity index (χ0v) is 15.6. The number of likely N-dealkylation sites (tertiary alicyclic amines) is 1. The predicted octanol–water partition coefficient (Wildman–Crippen LogP) is 2.59. The van der Waals surface area contributed by atoms with Crippen LogP contribution in [0.15, 0.2) is 15.6 Å². The van der Waals surface area contributed by atoms with E-state index in [0.717, 1.165) is 30.5 Å². The highest BCUT2D eigenvalue weighted by molar-refractivity contribution is 5.79. The Morgan fingerprint density at radius 3 is 2.92 bits per heavy atom. The summed E-state index contributed by atoms with van der Waals surface area (Å²) in [6.45, 7) is 14.5. The monoisotopic (exact) mass is 335 g/mol. The van der Waals surface area contributed by atoms with Crippen molar-refractivity contribution in [2.75, 3.05) is 32.7 Å². The number of nitrogens with one attached hydrogen (secondary N) is 2. The topological polar surface area (TPSA) is 65.7 Å². The molecular weight excluding hydrogens is 302 g/mol. The van der Waals surface area contributed by atoms with Crippen LogP contribution in [0, 0.1) is 5.92 Å². The molecule has 2 heterocycles. The average molecular weight is 335 g/mol. The number of rotatable bonds is 8. The Bertz CT molecular complexity index is 511. The summed E-state index contributed by atoms with van der Waals surface area (Å²) in [5.41, 5.74) is 0.986. The minimum absolute atomic E-state index is 0.381. The lowest BCUT2D eigenvalue weighted by molar-refractivity contribution is 0.324. The van der Waals surface area contributed by atoms with Gasteiger partial charge in [-0.3, -0.25) is 0 Å². The highest BCUT2D eigenvalue weighted by Crippen LogP contribution is 2.16. The molecule has 24 heavy (non-hydrogen) atoms. The van der Waals surface area contributed by atoms with E-state index in [2.05, 4.69) is 53.4 Å². The van der Waals surface area contributed by atoms with E-state index in [1.54, 1.807) is 0 Å². The number of guanidine groups is 1. The van der Waals surface area contributed by atoms with E-state index in [1.807, 2.05) is 6.07 Å². The van der Waals surface area contributed by atoms with Crippen LogP contribution in [0.3, 0.4) is 0 Å². The van der Waals surface area contributed by atoms with Crippen LogP contribution in [0.1, 0.15) is 57.9 Å². The van der Waals surface area contributed by atoms with Gasteiger partial charge in [-0.05, 0) is 44.7 Å². The van der Waals surface area contributed by atoms with Crippen LogP contribution >= 0.6 is 0 Å². The fourth-order valence-electron chi connectivity index (χ4n) is 3.01. The molecule has 0 saturated carbocycles. The maximum atomic E-state index is 5.35. The lowest BCUT2D eigenvalue weighted by atomic mass is 10.1. The lowest BCUT2D eigenvalue weighted by Crippen LogP contribution is -2.40. The predicted molar refractivity (Wildman–Crippen MR) is 98.2 cm³/mol. The van der Waals surface area contributed by atoms with Crippen molar-refractivity contribution < 1.29 is 4.52 Å². The van der Waals surface area contributed by atoms with Crippen molar-refractivity contribution in [3.05, 3.63) is 17.5 Å². The van der Waals surface area contributed by atoms with Gasteiger partial charge in [0.1, 0.15) is 6.54 Å². The summed E-state index contributed by atoms with van der Waals surface area (Å²) in [6.07, 6.45) is 2.51. The SMILES string of the molecule is CCCN1CCC(CNC(=NCc2cc(C(C)C)no2)NCC)C1. The number of nitrogens with zero attached hydrogens (tertiary/aromatic N) is 3. The maximum Gasteiger partial charge on any atom is 0.191 e. The largest absolute Gasteiger partial charge is 0.359 e. The molecule has 1 fully saturated rings. The number of hydrogen-bond acceptors (Lipinski definition) is 4. The smallest absolute Gasteiger partial charge is 0.191 e. The normalized spacial score (nSPS) is 19.2.